The van der Waals surface area contributed by atoms with Crippen LogP contribution in [-0.4, -0.2) is 47.5 Å². The van der Waals surface area contributed by atoms with E-state index in [9.17, 15) is 14.6 Å². The lowest BCUT2D eigenvalue weighted by molar-refractivity contribution is -0.125. The lowest BCUT2D eigenvalue weighted by Gasteiger charge is -2.42. The maximum absolute atomic E-state index is 12.8. The number of piperidine rings is 1. The van der Waals surface area contributed by atoms with Gasteiger partial charge in [0, 0.05) is 19.6 Å². The maximum atomic E-state index is 12.8. The average Bonchev–Trinajstić information content (AvgIpc) is 2.64. The van der Waals surface area contributed by atoms with Crippen molar-refractivity contribution in [1.29, 1.82) is 0 Å². The van der Waals surface area contributed by atoms with Gasteiger partial charge < -0.3 is 19.8 Å². The lowest BCUT2D eigenvalue weighted by atomic mass is 9.82. The van der Waals surface area contributed by atoms with E-state index in [0.717, 1.165) is 25.1 Å². The fourth-order valence-electron chi connectivity index (χ4n) is 3.26. The van der Waals surface area contributed by atoms with E-state index in [1.807, 2.05) is 30.3 Å². The van der Waals surface area contributed by atoms with Gasteiger partial charge in [0.2, 0.25) is 0 Å². The number of aliphatic hydroxyl groups excluding tert-OH is 1. The summed E-state index contributed by atoms with van der Waals surface area (Å²) in [7, 11) is 0. The number of hydrogen-bond donors (Lipinski definition) is 2. The molecule has 1 aliphatic heterocycles. The Kier molecular flexibility index (Phi) is 5.68. The van der Waals surface area contributed by atoms with Crippen LogP contribution in [0.1, 0.15) is 18.4 Å². The molecule has 0 radical (unpaired) electrons. The highest BCUT2D eigenvalue weighted by atomic mass is 19.1. The van der Waals surface area contributed by atoms with E-state index in [1.54, 1.807) is 12.1 Å². The van der Waals surface area contributed by atoms with Crippen molar-refractivity contribution >= 4 is 0 Å². The summed E-state index contributed by atoms with van der Waals surface area (Å²) in [5.74, 6) is 0.374. The van der Waals surface area contributed by atoms with Crippen LogP contribution < -0.4 is 4.74 Å². The fourth-order valence-corrected chi connectivity index (χ4v) is 3.26. The van der Waals surface area contributed by atoms with Crippen molar-refractivity contribution in [3.05, 3.63) is 66.0 Å². The molecule has 0 aliphatic carbocycles. The van der Waals surface area contributed by atoms with E-state index >= 15 is 0 Å². The second-order valence-corrected chi connectivity index (χ2v) is 6.51. The van der Waals surface area contributed by atoms with Crippen LogP contribution in [0.3, 0.4) is 0 Å². The number of aliphatic hydroxyl groups is 2. The van der Waals surface area contributed by atoms with Crippen molar-refractivity contribution < 1.29 is 19.3 Å². The second kappa shape index (κ2) is 7.95. The molecule has 1 saturated heterocycles. The van der Waals surface area contributed by atoms with Gasteiger partial charge in [-0.25, -0.2) is 4.39 Å². The number of halogens is 1. The van der Waals surface area contributed by atoms with Crippen LogP contribution in [0.5, 0.6) is 5.75 Å². The summed E-state index contributed by atoms with van der Waals surface area (Å²) >= 11 is 0. The molecule has 4 nitrogen and oxygen atoms in total. The minimum absolute atomic E-state index is 0.277. The molecule has 2 aromatic carbocycles. The molecular weight excluding hydrogens is 321 g/mol. The maximum Gasteiger partial charge on any atom is 0.123 e. The van der Waals surface area contributed by atoms with Gasteiger partial charge in [-0.3, -0.25) is 0 Å². The van der Waals surface area contributed by atoms with Crippen molar-refractivity contribution in [2.75, 3.05) is 26.2 Å². The van der Waals surface area contributed by atoms with E-state index in [2.05, 4.69) is 4.90 Å². The van der Waals surface area contributed by atoms with Crippen molar-refractivity contribution in [1.82, 2.24) is 4.90 Å². The van der Waals surface area contributed by atoms with Crippen LogP contribution in [0.2, 0.25) is 0 Å². The normalized spacial score (nSPS) is 24.2. The molecule has 5 heteroatoms. The Morgan fingerprint density at radius 1 is 1.12 bits per heavy atom. The van der Waals surface area contributed by atoms with Gasteiger partial charge in [0.15, 0.2) is 0 Å². The van der Waals surface area contributed by atoms with Crippen LogP contribution in [0.25, 0.3) is 0 Å². The van der Waals surface area contributed by atoms with Crippen molar-refractivity contribution in [2.45, 2.75) is 24.5 Å². The summed E-state index contributed by atoms with van der Waals surface area (Å²) in [6.45, 7) is 2.46. The number of likely N-dealkylation sites (tertiary alicyclic amines) is 1. The predicted octanol–water partition coefficient (Wildman–Crippen LogP) is 2.55. The predicted molar refractivity (Wildman–Crippen MR) is 93.9 cm³/mol. The third kappa shape index (κ3) is 4.37. The van der Waals surface area contributed by atoms with E-state index in [1.165, 1.54) is 12.1 Å². The first-order valence-corrected chi connectivity index (χ1v) is 8.64. The van der Waals surface area contributed by atoms with Crippen LogP contribution in [0.4, 0.5) is 4.39 Å². The summed E-state index contributed by atoms with van der Waals surface area (Å²) in [6, 6.07) is 15.3. The first-order chi connectivity index (χ1) is 12.1. The van der Waals surface area contributed by atoms with Gasteiger partial charge in [-0.2, -0.15) is 0 Å². The van der Waals surface area contributed by atoms with Gasteiger partial charge in [-0.05, 0) is 42.7 Å². The van der Waals surface area contributed by atoms with Crippen molar-refractivity contribution in [2.24, 2.45) is 0 Å². The smallest absolute Gasteiger partial charge is 0.123 e. The van der Waals surface area contributed by atoms with Crippen molar-refractivity contribution in [3.8, 4) is 5.75 Å². The van der Waals surface area contributed by atoms with Gasteiger partial charge >= 0.3 is 0 Å². The molecule has 0 saturated carbocycles. The topological polar surface area (TPSA) is 52.9 Å². The van der Waals surface area contributed by atoms with Gasteiger partial charge in [0.1, 0.15) is 17.2 Å². The highest BCUT2D eigenvalue weighted by Gasteiger charge is 2.41. The number of hydrogen-bond acceptors (Lipinski definition) is 4. The lowest BCUT2D eigenvalue weighted by Crippen LogP contribution is -2.53. The molecule has 2 N–H and O–H groups in total. The van der Waals surface area contributed by atoms with Crippen LogP contribution in [-0.2, 0) is 5.60 Å². The number of benzene rings is 2. The van der Waals surface area contributed by atoms with E-state index in [0.29, 0.717) is 25.3 Å². The van der Waals surface area contributed by atoms with Gasteiger partial charge in [-0.1, -0.05) is 30.3 Å². The minimum Gasteiger partial charge on any atom is -0.494 e. The highest BCUT2D eigenvalue weighted by Crippen LogP contribution is 2.33. The quantitative estimate of drug-likeness (QED) is 0.790. The molecule has 0 unspecified atom stereocenters. The monoisotopic (exact) mass is 345 g/mol. The second-order valence-electron chi connectivity index (χ2n) is 6.51. The Labute approximate surface area is 147 Å². The highest BCUT2D eigenvalue weighted by molar-refractivity contribution is 5.25. The Morgan fingerprint density at radius 3 is 2.52 bits per heavy atom. The first-order valence-electron chi connectivity index (χ1n) is 8.64. The minimum atomic E-state index is -1.18. The van der Waals surface area contributed by atoms with E-state index < -0.39 is 11.7 Å². The fraction of sp³-hybridized carbons (Fsp3) is 0.400. The van der Waals surface area contributed by atoms with E-state index in [-0.39, 0.29) is 5.82 Å². The van der Waals surface area contributed by atoms with Gasteiger partial charge in [0.25, 0.3) is 0 Å². The molecule has 3 rings (SSSR count). The summed E-state index contributed by atoms with van der Waals surface area (Å²) in [6.07, 6.45) is 0.479. The van der Waals surface area contributed by atoms with Gasteiger partial charge in [0.05, 0.1) is 12.7 Å². The van der Waals surface area contributed by atoms with Gasteiger partial charge in [-0.15, -0.1) is 0 Å². The van der Waals surface area contributed by atoms with Crippen LogP contribution >= 0.6 is 0 Å². The molecule has 1 fully saturated rings. The number of nitrogens with zero attached hydrogens (tertiary/aromatic N) is 1. The zero-order valence-corrected chi connectivity index (χ0v) is 14.1. The Balaban J connectivity index is 1.44. The molecule has 0 aromatic heterocycles. The molecule has 0 amide bonds. The van der Waals surface area contributed by atoms with Crippen LogP contribution in [0, 0.1) is 5.82 Å². The SMILES string of the molecule is O[C@H]1CN(CCCOc2ccc(F)cc2)CC[C@]1(O)c1ccccc1. The Bertz CT molecular complexity index is 664. The molecule has 1 heterocycles. The number of β-amino-alcohol motifs (C(OH)–C–C–N with tert-alkyl or cyclic N) is 1. The molecule has 2 atom stereocenters. The number of ether oxygens (including phenoxy) is 1. The summed E-state index contributed by atoms with van der Waals surface area (Å²) in [5, 5.41) is 21.3. The molecule has 1 aliphatic rings. The molecule has 134 valence electrons. The standard InChI is InChI=1S/C20H24FNO3/c21-17-7-9-18(10-8-17)25-14-4-12-22-13-11-20(24,19(23)15-22)16-5-2-1-3-6-16/h1-3,5-10,19,23-24H,4,11-15H2/t19-,20-/m0/s1. The average molecular weight is 345 g/mol. The summed E-state index contributed by atoms with van der Waals surface area (Å²) in [5.41, 5.74) is -0.413. The largest absolute Gasteiger partial charge is 0.494 e. The molecule has 0 spiro atoms. The molecular formula is C20H24FNO3. The summed E-state index contributed by atoms with van der Waals surface area (Å²) < 4.78 is 18.4. The third-order valence-electron chi connectivity index (χ3n) is 4.77. The molecule has 0 bridgehead atoms. The number of rotatable bonds is 6. The zero-order chi connectivity index (χ0) is 17.7. The van der Waals surface area contributed by atoms with E-state index in [4.69, 9.17) is 4.74 Å². The van der Waals surface area contributed by atoms with Crippen molar-refractivity contribution in [3.63, 3.8) is 0 Å². The Hall–Kier alpha value is -1.95. The third-order valence-corrected chi connectivity index (χ3v) is 4.77. The zero-order valence-electron chi connectivity index (χ0n) is 14.1. The Morgan fingerprint density at radius 2 is 1.84 bits per heavy atom. The van der Waals surface area contributed by atoms with Crippen LogP contribution in [0.15, 0.2) is 54.6 Å². The first kappa shape index (κ1) is 17.9. The summed E-state index contributed by atoms with van der Waals surface area (Å²) in [4.78, 5) is 2.14. The molecule has 2 aromatic rings. The molecule has 25 heavy (non-hydrogen) atoms.